The number of unbranched alkanes of at least 4 members (excludes halogenated alkanes) is 3. The first-order valence-electron chi connectivity index (χ1n) is 12.0. The molecule has 1 atom stereocenters. The van der Waals surface area contributed by atoms with Gasteiger partial charge in [-0.1, -0.05) is 75.1 Å². The molecule has 0 amide bonds. The highest BCUT2D eigenvalue weighted by Crippen LogP contribution is 2.39. The Labute approximate surface area is 183 Å². The molecule has 2 heteroatoms. The van der Waals surface area contributed by atoms with E-state index in [0.717, 1.165) is 6.54 Å². The molecular formula is C28H40N2. The maximum absolute atomic E-state index is 3.13. The van der Waals surface area contributed by atoms with Gasteiger partial charge in [0, 0.05) is 23.1 Å². The highest BCUT2D eigenvalue weighted by atomic mass is 15.0. The lowest BCUT2D eigenvalue weighted by atomic mass is 9.86. The van der Waals surface area contributed by atoms with Crippen molar-refractivity contribution in [2.75, 3.05) is 13.6 Å². The molecule has 0 aliphatic heterocycles. The Balaban J connectivity index is 0.000000275. The van der Waals surface area contributed by atoms with E-state index in [-0.39, 0.29) is 0 Å². The predicted molar refractivity (Wildman–Crippen MR) is 132 cm³/mol. The highest BCUT2D eigenvalue weighted by molar-refractivity contribution is 5.87. The summed E-state index contributed by atoms with van der Waals surface area (Å²) in [6.45, 7) is 9.00. The van der Waals surface area contributed by atoms with Gasteiger partial charge < -0.3 is 9.88 Å². The van der Waals surface area contributed by atoms with Crippen LogP contribution in [0, 0.1) is 6.92 Å². The normalized spacial score (nSPS) is 15.5. The van der Waals surface area contributed by atoms with Gasteiger partial charge in [0.25, 0.3) is 0 Å². The van der Waals surface area contributed by atoms with Gasteiger partial charge >= 0.3 is 0 Å². The SMILES string of the molecule is CCCCCCNC.Cc1ccc2c(c1)c1c(n2Cc2ccccc2)CCCC1C. The number of hydrogen-bond donors (Lipinski definition) is 1. The van der Waals surface area contributed by atoms with Gasteiger partial charge in [-0.2, -0.15) is 0 Å². The van der Waals surface area contributed by atoms with Gasteiger partial charge in [0.15, 0.2) is 0 Å². The maximum atomic E-state index is 3.13. The molecule has 0 bridgehead atoms. The van der Waals surface area contributed by atoms with Crippen LogP contribution < -0.4 is 5.32 Å². The summed E-state index contributed by atoms with van der Waals surface area (Å²) >= 11 is 0. The molecule has 162 valence electrons. The fourth-order valence-corrected chi connectivity index (χ4v) is 4.76. The van der Waals surface area contributed by atoms with E-state index in [1.54, 1.807) is 11.3 Å². The molecule has 1 aliphatic carbocycles. The van der Waals surface area contributed by atoms with Gasteiger partial charge in [-0.25, -0.2) is 0 Å². The van der Waals surface area contributed by atoms with Gasteiger partial charge in [0.05, 0.1) is 0 Å². The molecule has 1 aromatic heterocycles. The van der Waals surface area contributed by atoms with E-state index >= 15 is 0 Å². The fraction of sp³-hybridized carbons (Fsp3) is 0.500. The molecule has 2 nitrogen and oxygen atoms in total. The van der Waals surface area contributed by atoms with Crippen molar-refractivity contribution in [3.05, 3.63) is 70.9 Å². The minimum Gasteiger partial charge on any atom is -0.340 e. The summed E-state index contributed by atoms with van der Waals surface area (Å²) in [6, 6.07) is 17.8. The molecule has 4 rings (SSSR count). The Hall–Kier alpha value is -2.06. The first-order chi connectivity index (χ1) is 14.7. The molecule has 1 unspecified atom stereocenters. The third-order valence-electron chi connectivity index (χ3n) is 6.38. The Morgan fingerprint density at radius 2 is 1.83 bits per heavy atom. The van der Waals surface area contributed by atoms with Crippen molar-refractivity contribution in [2.24, 2.45) is 0 Å². The lowest BCUT2D eigenvalue weighted by Crippen LogP contribution is -2.11. The summed E-state index contributed by atoms with van der Waals surface area (Å²) < 4.78 is 2.56. The van der Waals surface area contributed by atoms with Gasteiger partial charge in [-0.3, -0.25) is 0 Å². The van der Waals surface area contributed by atoms with Crippen LogP contribution in [0.1, 0.15) is 80.7 Å². The number of nitrogens with one attached hydrogen (secondary N) is 1. The third-order valence-corrected chi connectivity index (χ3v) is 6.38. The van der Waals surface area contributed by atoms with E-state index in [1.807, 2.05) is 7.05 Å². The van der Waals surface area contributed by atoms with Crippen molar-refractivity contribution in [1.29, 1.82) is 0 Å². The van der Waals surface area contributed by atoms with E-state index in [2.05, 4.69) is 79.2 Å². The van der Waals surface area contributed by atoms with Crippen molar-refractivity contribution >= 4 is 10.9 Å². The number of nitrogens with zero attached hydrogens (tertiary/aromatic N) is 1. The first-order valence-corrected chi connectivity index (χ1v) is 12.0. The van der Waals surface area contributed by atoms with Gasteiger partial charge in [0.1, 0.15) is 0 Å². The minimum absolute atomic E-state index is 0.685. The van der Waals surface area contributed by atoms with Crippen LogP contribution in [-0.4, -0.2) is 18.2 Å². The second-order valence-electron chi connectivity index (χ2n) is 8.91. The summed E-state index contributed by atoms with van der Waals surface area (Å²) in [5, 5.41) is 4.61. The van der Waals surface area contributed by atoms with Crippen LogP contribution in [0.3, 0.4) is 0 Å². The van der Waals surface area contributed by atoms with E-state index in [9.17, 15) is 0 Å². The molecule has 0 spiro atoms. The molecule has 3 aromatic rings. The molecule has 0 saturated carbocycles. The Morgan fingerprint density at radius 3 is 2.57 bits per heavy atom. The quantitative estimate of drug-likeness (QED) is 0.411. The highest BCUT2D eigenvalue weighted by Gasteiger charge is 2.24. The first kappa shape index (κ1) is 22.6. The number of aryl methyl sites for hydroxylation is 1. The number of benzene rings is 2. The summed E-state index contributed by atoms with van der Waals surface area (Å²) in [5.41, 5.74) is 7.35. The molecule has 1 N–H and O–H groups in total. The van der Waals surface area contributed by atoms with Crippen molar-refractivity contribution in [3.8, 4) is 0 Å². The molecule has 1 heterocycles. The van der Waals surface area contributed by atoms with Crippen LogP contribution >= 0.6 is 0 Å². The van der Waals surface area contributed by atoms with E-state index < -0.39 is 0 Å². The third kappa shape index (κ3) is 5.55. The molecule has 0 radical (unpaired) electrons. The number of rotatable bonds is 7. The van der Waals surface area contributed by atoms with Crippen molar-refractivity contribution in [1.82, 2.24) is 9.88 Å². The summed E-state index contributed by atoms with van der Waals surface area (Å²) in [7, 11) is 2.01. The fourth-order valence-electron chi connectivity index (χ4n) is 4.76. The second-order valence-corrected chi connectivity index (χ2v) is 8.91. The lowest BCUT2D eigenvalue weighted by molar-refractivity contribution is 0.568. The summed E-state index contributed by atoms with van der Waals surface area (Å²) in [4.78, 5) is 0. The zero-order valence-corrected chi connectivity index (χ0v) is 19.5. The van der Waals surface area contributed by atoms with Crippen molar-refractivity contribution in [3.63, 3.8) is 0 Å². The summed E-state index contributed by atoms with van der Waals surface area (Å²) in [6.07, 6.45) is 9.32. The molecule has 1 aliphatic rings. The van der Waals surface area contributed by atoms with Gasteiger partial charge in [-0.05, 0) is 75.4 Å². The largest absolute Gasteiger partial charge is 0.340 e. The predicted octanol–water partition coefficient (Wildman–Crippen LogP) is 7.22. The van der Waals surface area contributed by atoms with Crippen LogP contribution in [0.15, 0.2) is 48.5 Å². The maximum Gasteiger partial charge on any atom is 0.0488 e. The Bertz CT molecular complexity index is 901. The van der Waals surface area contributed by atoms with Crippen LogP contribution in [-0.2, 0) is 13.0 Å². The lowest BCUT2D eigenvalue weighted by Gasteiger charge is -2.21. The van der Waals surface area contributed by atoms with Crippen LogP contribution in [0.2, 0.25) is 0 Å². The van der Waals surface area contributed by atoms with E-state index in [0.29, 0.717) is 5.92 Å². The van der Waals surface area contributed by atoms with E-state index in [1.165, 1.54) is 73.5 Å². The summed E-state index contributed by atoms with van der Waals surface area (Å²) in [5.74, 6) is 0.685. The molecule has 2 aromatic carbocycles. The minimum atomic E-state index is 0.685. The standard InChI is InChI=1S/C21H23N.C7H17N/c1-15-11-12-19-18(13-15)21-16(2)7-6-10-20(21)22(19)14-17-8-4-3-5-9-17;1-3-4-5-6-7-8-2/h3-5,8-9,11-13,16H,6-7,10,14H2,1-2H3;8H,3-7H2,1-2H3. The second kappa shape index (κ2) is 11.4. The monoisotopic (exact) mass is 404 g/mol. The van der Waals surface area contributed by atoms with Crippen molar-refractivity contribution < 1.29 is 0 Å². The molecule has 0 saturated heterocycles. The molecule has 0 fully saturated rings. The molecular weight excluding hydrogens is 364 g/mol. The van der Waals surface area contributed by atoms with Crippen LogP contribution in [0.5, 0.6) is 0 Å². The average molecular weight is 405 g/mol. The van der Waals surface area contributed by atoms with Crippen LogP contribution in [0.4, 0.5) is 0 Å². The topological polar surface area (TPSA) is 17.0 Å². The number of fused-ring (bicyclic) bond motifs is 3. The van der Waals surface area contributed by atoms with Gasteiger partial charge in [0.2, 0.25) is 0 Å². The zero-order valence-electron chi connectivity index (χ0n) is 19.5. The Kier molecular flexibility index (Phi) is 8.57. The van der Waals surface area contributed by atoms with Crippen LogP contribution in [0.25, 0.3) is 10.9 Å². The molecule has 30 heavy (non-hydrogen) atoms. The number of hydrogen-bond acceptors (Lipinski definition) is 1. The Morgan fingerprint density at radius 1 is 1.03 bits per heavy atom. The van der Waals surface area contributed by atoms with E-state index in [4.69, 9.17) is 0 Å². The van der Waals surface area contributed by atoms with Gasteiger partial charge in [-0.15, -0.1) is 0 Å². The number of aromatic nitrogens is 1. The zero-order chi connectivity index (χ0) is 21.3. The van der Waals surface area contributed by atoms with Crippen molar-refractivity contribution in [2.45, 2.75) is 78.2 Å². The average Bonchev–Trinajstić information content (AvgIpc) is 3.06. The smallest absolute Gasteiger partial charge is 0.0488 e.